The molecule has 0 atom stereocenters. The first-order chi connectivity index (χ1) is 13.2. The van der Waals surface area contributed by atoms with Gasteiger partial charge in [-0.2, -0.15) is 13.2 Å². The van der Waals surface area contributed by atoms with Crippen molar-refractivity contribution in [3.8, 4) is 11.6 Å². The monoisotopic (exact) mass is 398 g/mol. The third-order valence-corrected chi connectivity index (χ3v) is 3.50. The minimum atomic E-state index is -4.47. The van der Waals surface area contributed by atoms with Gasteiger partial charge in [0.05, 0.1) is 19.8 Å². The molecule has 2 rings (SSSR count). The van der Waals surface area contributed by atoms with Crippen LogP contribution in [0.3, 0.4) is 0 Å². The molecular weight excluding hydrogens is 381 g/mol. The van der Waals surface area contributed by atoms with Crippen LogP contribution in [0.25, 0.3) is 0 Å². The van der Waals surface area contributed by atoms with E-state index < -0.39 is 24.7 Å². The average molecular weight is 398 g/mol. The Morgan fingerprint density at radius 1 is 1.14 bits per heavy atom. The second-order valence-corrected chi connectivity index (χ2v) is 5.50. The number of ether oxygens (including phenoxy) is 3. The van der Waals surface area contributed by atoms with Crippen molar-refractivity contribution in [1.82, 2.24) is 10.3 Å². The summed E-state index contributed by atoms with van der Waals surface area (Å²) in [6.45, 7) is -1.37. The Balaban J connectivity index is 1.99. The van der Waals surface area contributed by atoms with Gasteiger partial charge in [-0.15, -0.1) is 0 Å². The number of rotatable bonds is 7. The van der Waals surface area contributed by atoms with Crippen LogP contribution in [0.15, 0.2) is 36.5 Å². The maximum atomic E-state index is 12.2. The summed E-state index contributed by atoms with van der Waals surface area (Å²) in [5.74, 6) is -0.985. The highest BCUT2D eigenvalue weighted by Gasteiger charge is 2.28. The number of carbonyl (C=O) groups excluding carboxylic acids is 2. The minimum absolute atomic E-state index is 0.0964. The van der Waals surface area contributed by atoms with Crippen LogP contribution in [0.2, 0.25) is 0 Å². The highest BCUT2D eigenvalue weighted by atomic mass is 19.4. The molecule has 1 aromatic heterocycles. The van der Waals surface area contributed by atoms with Gasteiger partial charge in [-0.1, -0.05) is 6.07 Å². The lowest BCUT2D eigenvalue weighted by Crippen LogP contribution is -2.23. The van der Waals surface area contributed by atoms with E-state index in [1.165, 1.54) is 32.4 Å². The van der Waals surface area contributed by atoms with Crippen LogP contribution < -0.4 is 14.8 Å². The predicted octanol–water partition coefficient (Wildman–Crippen LogP) is 2.75. The van der Waals surface area contributed by atoms with Crippen LogP contribution in [-0.2, 0) is 11.3 Å². The van der Waals surface area contributed by atoms with Gasteiger partial charge in [0.25, 0.3) is 5.91 Å². The molecule has 0 fully saturated rings. The molecule has 0 radical (unpaired) electrons. The number of carbonyl (C=O) groups is 2. The predicted molar refractivity (Wildman–Crippen MR) is 91.3 cm³/mol. The second kappa shape index (κ2) is 9.07. The fraction of sp³-hybridized carbons (Fsp3) is 0.278. The number of hydrogen-bond acceptors (Lipinski definition) is 6. The van der Waals surface area contributed by atoms with E-state index in [1.807, 2.05) is 0 Å². The van der Waals surface area contributed by atoms with E-state index in [2.05, 4.69) is 19.8 Å². The Labute approximate surface area is 158 Å². The first-order valence-corrected chi connectivity index (χ1v) is 7.92. The summed E-state index contributed by atoms with van der Waals surface area (Å²) >= 11 is 0. The summed E-state index contributed by atoms with van der Waals surface area (Å²) in [5.41, 5.74) is 0.971. The summed E-state index contributed by atoms with van der Waals surface area (Å²) in [5, 5.41) is 2.62. The van der Waals surface area contributed by atoms with Crippen LogP contribution in [0.1, 0.15) is 26.3 Å². The molecule has 0 bridgehead atoms. The van der Waals surface area contributed by atoms with Crippen LogP contribution in [0.5, 0.6) is 11.6 Å². The van der Waals surface area contributed by atoms with Crippen molar-refractivity contribution in [3.63, 3.8) is 0 Å². The number of amides is 1. The van der Waals surface area contributed by atoms with E-state index in [4.69, 9.17) is 4.74 Å². The molecule has 0 aliphatic carbocycles. The lowest BCUT2D eigenvalue weighted by molar-refractivity contribution is -0.154. The molecule has 10 heteroatoms. The van der Waals surface area contributed by atoms with Gasteiger partial charge >= 0.3 is 12.1 Å². The summed E-state index contributed by atoms with van der Waals surface area (Å²) < 4.78 is 50.6. The van der Waals surface area contributed by atoms with Gasteiger partial charge in [-0.05, 0) is 23.8 Å². The largest absolute Gasteiger partial charge is 0.496 e. The molecule has 0 aliphatic heterocycles. The van der Waals surface area contributed by atoms with Crippen molar-refractivity contribution in [1.29, 1.82) is 0 Å². The van der Waals surface area contributed by atoms with Crippen LogP contribution >= 0.6 is 0 Å². The summed E-state index contributed by atoms with van der Waals surface area (Å²) in [6.07, 6.45) is -3.37. The van der Waals surface area contributed by atoms with E-state index in [0.29, 0.717) is 11.3 Å². The number of benzene rings is 1. The fourth-order valence-electron chi connectivity index (χ4n) is 2.17. The molecule has 1 N–H and O–H groups in total. The van der Waals surface area contributed by atoms with Crippen LogP contribution in [0.4, 0.5) is 13.2 Å². The number of methoxy groups -OCH3 is 2. The van der Waals surface area contributed by atoms with E-state index in [0.717, 1.165) is 6.20 Å². The third kappa shape index (κ3) is 5.86. The molecule has 1 heterocycles. The lowest BCUT2D eigenvalue weighted by atomic mass is 10.1. The quantitative estimate of drug-likeness (QED) is 0.722. The zero-order valence-corrected chi connectivity index (χ0v) is 15.0. The lowest BCUT2D eigenvalue weighted by Gasteiger charge is -2.11. The molecule has 0 spiro atoms. The molecule has 2 aromatic rings. The van der Waals surface area contributed by atoms with Crippen LogP contribution in [-0.4, -0.2) is 43.9 Å². The summed E-state index contributed by atoms with van der Waals surface area (Å²) in [7, 11) is 2.66. The Morgan fingerprint density at radius 2 is 1.89 bits per heavy atom. The van der Waals surface area contributed by atoms with E-state index in [-0.39, 0.29) is 23.6 Å². The fourth-order valence-corrected chi connectivity index (χ4v) is 2.17. The van der Waals surface area contributed by atoms with Crippen molar-refractivity contribution in [2.24, 2.45) is 0 Å². The number of alkyl halides is 3. The molecule has 0 saturated carbocycles. The minimum Gasteiger partial charge on any atom is -0.496 e. The SMILES string of the molecule is COC(=O)c1cc(CNC(=O)c2ccc(OCC(F)(F)F)nc2)ccc1OC. The van der Waals surface area contributed by atoms with Gasteiger partial charge in [-0.25, -0.2) is 9.78 Å². The molecule has 28 heavy (non-hydrogen) atoms. The van der Waals surface area contributed by atoms with E-state index >= 15 is 0 Å². The number of pyridine rings is 1. The number of esters is 1. The van der Waals surface area contributed by atoms with Gasteiger partial charge in [0.2, 0.25) is 5.88 Å². The van der Waals surface area contributed by atoms with E-state index in [9.17, 15) is 22.8 Å². The third-order valence-electron chi connectivity index (χ3n) is 3.50. The maximum Gasteiger partial charge on any atom is 0.422 e. The number of nitrogens with one attached hydrogen (secondary N) is 1. The van der Waals surface area contributed by atoms with Gasteiger partial charge in [0.1, 0.15) is 11.3 Å². The zero-order chi connectivity index (χ0) is 20.7. The molecule has 150 valence electrons. The standard InChI is InChI=1S/C18H17F3N2O5/c1-26-14-5-3-11(7-13(14)17(25)27-2)8-23-16(24)12-4-6-15(22-9-12)28-10-18(19,20)21/h3-7,9H,8,10H2,1-2H3,(H,23,24). The number of aromatic nitrogens is 1. The van der Waals surface area contributed by atoms with Crippen molar-refractivity contribution < 1.29 is 37.0 Å². The van der Waals surface area contributed by atoms with Crippen molar-refractivity contribution >= 4 is 11.9 Å². The second-order valence-electron chi connectivity index (χ2n) is 5.50. The average Bonchev–Trinajstić information content (AvgIpc) is 2.69. The van der Waals surface area contributed by atoms with Gasteiger partial charge in [0.15, 0.2) is 6.61 Å². The number of hydrogen-bond donors (Lipinski definition) is 1. The Morgan fingerprint density at radius 3 is 2.46 bits per heavy atom. The first-order valence-electron chi connectivity index (χ1n) is 7.92. The number of halogens is 3. The molecular formula is C18H17F3N2O5. The highest BCUT2D eigenvalue weighted by Crippen LogP contribution is 2.21. The summed E-state index contributed by atoms with van der Waals surface area (Å²) in [6, 6.07) is 7.22. The highest BCUT2D eigenvalue weighted by molar-refractivity contribution is 5.94. The maximum absolute atomic E-state index is 12.2. The molecule has 1 aromatic carbocycles. The van der Waals surface area contributed by atoms with Gasteiger partial charge < -0.3 is 19.5 Å². The van der Waals surface area contributed by atoms with Gasteiger partial charge in [0, 0.05) is 18.8 Å². The summed E-state index contributed by atoms with van der Waals surface area (Å²) in [4.78, 5) is 27.6. The van der Waals surface area contributed by atoms with Crippen molar-refractivity contribution in [2.75, 3.05) is 20.8 Å². The van der Waals surface area contributed by atoms with Crippen molar-refractivity contribution in [2.45, 2.75) is 12.7 Å². The van der Waals surface area contributed by atoms with Crippen molar-refractivity contribution in [3.05, 3.63) is 53.2 Å². The van der Waals surface area contributed by atoms with E-state index in [1.54, 1.807) is 12.1 Å². The molecule has 0 saturated heterocycles. The molecule has 0 unspecified atom stereocenters. The first kappa shape index (κ1) is 21.0. The van der Waals surface area contributed by atoms with Crippen LogP contribution in [0, 0.1) is 0 Å². The number of nitrogens with zero attached hydrogens (tertiary/aromatic N) is 1. The Bertz CT molecular complexity index is 838. The normalized spacial score (nSPS) is 10.9. The smallest absolute Gasteiger partial charge is 0.422 e. The Kier molecular flexibility index (Phi) is 6.80. The topological polar surface area (TPSA) is 86.8 Å². The molecule has 0 aliphatic rings. The van der Waals surface area contributed by atoms with Gasteiger partial charge in [-0.3, -0.25) is 4.79 Å². The molecule has 7 nitrogen and oxygen atoms in total. The zero-order valence-electron chi connectivity index (χ0n) is 15.0. The molecule has 1 amide bonds. The Hall–Kier alpha value is -3.30.